The molecule has 0 aliphatic rings. The molecule has 1 N–H and O–H groups in total. The maximum Gasteiger partial charge on any atom is 0.341 e. The van der Waals surface area contributed by atoms with Gasteiger partial charge in [0.2, 0.25) is 0 Å². The fourth-order valence-corrected chi connectivity index (χ4v) is 1.52. The third-order valence-electron chi connectivity index (χ3n) is 1.63. The summed E-state index contributed by atoms with van der Waals surface area (Å²) in [5.74, 6) is -1.04. The predicted octanol–water partition coefficient (Wildman–Crippen LogP) is 3.48. The van der Waals surface area contributed by atoms with Crippen LogP contribution in [0, 0.1) is 0 Å². The standard InChI is InChI=1S/C10H10Cl2O3/c1-5(2)15-9-7(12)4-3-6(11)8(9)10(13)14/h3-5H,1-2H3,(H,13,14). The van der Waals surface area contributed by atoms with E-state index in [-0.39, 0.29) is 27.5 Å². The quantitative estimate of drug-likeness (QED) is 0.891. The van der Waals surface area contributed by atoms with Crippen molar-refractivity contribution in [3.05, 3.63) is 27.7 Å². The third kappa shape index (κ3) is 2.76. The van der Waals surface area contributed by atoms with E-state index in [1.54, 1.807) is 13.8 Å². The Hall–Kier alpha value is -0.930. The summed E-state index contributed by atoms with van der Waals surface area (Å²) in [6, 6.07) is 2.94. The highest BCUT2D eigenvalue weighted by molar-refractivity contribution is 6.36. The number of ether oxygens (including phenoxy) is 1. The van der Waals surface area contributed by atoms with Gasteiger partial charge in [-0.2, -0.15) is 0 Å². The molecule has 82 valence electrons. The van der Waals surface area contributed by atoms with Gasteiger partial charge in [-0.3, -0.25) is 0 Å². The fourth-order valence-electron chi connectivity index (χ4n) is 1.08. The van der Waals surface area contributed by atoms with Crippen LogP contribution in [0.15, 0.2) is 12.1 Å². The molecular weight excluding hydrogens is 239 g/mol. The molecule has 0 saturated heterocycles. The van der Waals surface area contributed by atoms with Gasteiger partial charge in [-0.25, -0.2) is 4.79 Å². The summed E-state index contributed by atoms with van der Waals surface area (Å²) < 4.78 is 5.32. The molecule has 0 aliphatic heterocycles. The number of carbonyl (C=O) groups is 1. The largest absolute Gasteiger partial charge is 0.488 e. The zero-order chi connectivity index (χ0) is 11.6. The summed E-state index contributed by atoms with van der Waals surface area (Å²) in [6.07, 6.45) is -0.168. The Morgan fingerprint density at radius 3 is 2.33 bits per heavy atom. The van der Waals surface area contributed by atoms with Gasteiger partial charge < -0.3 is 9.84 Å². The summed E-state index contributed by atoms with van der Waals surface area (Å²) in [6.45, 7) is 3.56. The van der Waals surface area contributed by atoms with Crippen LogP contribution in [0.4, 0.5) is 0 Å². The minimum Gasteiger partial charge on any atom is -0.488 e. The lowest BCUT2D eigenvalue weighted by Gasteiger charge is -2.14. The summed E-state index contributed by atoms with van der Waals surface area (Å²) in [5.41, 5.74) is -0.0992. The molecule has 0 aromatic heterocycles. The Morgan fingerprint density at radius 2 is 1.87 bits per heavy atom. The van der Waals surface area contributed by atoms with Crippen LogP contribution < -0.4 is 4.74 Å². The maximum absolute atomic E-state index is 11.0. The minimum atomic E-state index is -1.15. The Kier molecular flexibility index (Phi) is 3.83. The second-order valence-electron chi connectivity index (χ2n) is 3.21. The number of aromatic carboxylic acids is 1. The van der Waals surface area contributed by atoms with E-state index in [0.717, 1.165) is 0 Å². The zero-order valence-electron chi connectivity index (χ0n) is 8.25. The molecule has 0 radical (unpaired) electrons. The molecule has 1 aromatic carbocycles. The van der Waals surface area contributed by atoms with Crippen molar-refractivity contribution in [3.8, 4) is 5.75 Å². The van der Waals surface area contributed by atoms with Gasteiger partial charge in [-0.05, 0) is 26.0 Å². The molecule has 0 fully saturated rings. The second-order valence-corrected chi connectivity index (χ2v) is 4.02. The van der Waals surface area contributed by atoms with Crippen molar-refractivity contribution in [3.63, 3.8) is 0 Å². The van der Waals surface area contributed by atoms with E-state index in [1.807, 2.05) is 0 Å². The van der Waals surface area contributed by atoms with Gasteiger partial charge in [0, 0.05) is 0 Å². The van der Waals surface area contributed by atoms with Gasteiger partial charge in [0.25, 0.3) is 0 Å². The molecule has 1 rings (SSSR count). The number of rotatable bonds is 3. The van der Waals surface area contributed by atoms with E-state index >= 15 is 0 Å². The first-order chi connectivity index (χ1) is 6.93. The summed E-state index contributed by atoms with van der Waals surface area (Å²) in [5, 5.41) is 9.32. The van der Waals surface area contributed by atoms with Crippen LogP contribution in [-0.2, 0) is 0 Å². The number of benzene rings is 1. The molecule has 5 heteroatoms. The molecule has 0 saturated carbocycles. The fraction of sp³-hybridized carbons (Fsp3) is 0.300. The average molecular weight is 249 g/mol. The van der Waals surface area contributed by atoms with Crippen LogP contribution >= 0.6 is 23.2 Å². The van der Waals surface area contributed by atoms with Crippen molar-refractivity contribution < 1.29 is 14.6 Å². The van der Waals surface area contributed by atoms with Gasteiger partial charge in [-0.1, -0.05) is 23.2 Å². The number of hydrogen-bond acceptors (Lipinski definition) is 2. The Bertz CT molecular complexity index is 388. The van der Waals surface area contributed by atoms with Crippen LogP contribution in [0.1, 0.15) is 24.2 Å². The molecule has 0 aliphatic carbocycles. The number of carboxylic acids is 1. The van der Waals surface area contributed by atoms with Gasteiger partial charge >= 0.3 is 5.97 Å². The highest BCUT2D eigenvalue weighted by Crippen LogP contribution is 2.34. The summed E-state index contributed by atoms with van der Waals surface area (Å²) in [4.78, 5) is 11.0. The predicted molar refractivity (Wildman–Crippen MR) is 59.2 cm³/mol. The Labute approximate surface area is 97.6 Å². The topological polar surface area (TPSA) is 46.5 Å². The maximum atomic E-state index is 11.0. The Balaban J connectivity index is 3.31. The van der Waals surface area contributed by atoms with Crippen molar-refractivity contribution in [2.45, 2.75) is 20.0 Å². The van der Waals surface area contributed by atoms with Crippen molar-refractivity contribution in [2.24, 2.45) is 0 Å². The molecule has 0 heterocycles. The van der Waals surface area contributed by atoms with Crippen LogP contribution in [-0.4, -0.2) is 17.2 Å². The lowest BCUT2D eigenvalue weighted by Crippen LogP contribution is -2.10. The van der Waals surface area contributed by atoms with Crippen molar-refractivity contribution in [1.82, 2.24) is 0 Å². The van der Waals surface area contributed by atoms with E-state index < -0.39 is 5.97 Å². The molecule has 0 bridgehead atoms. The smallest absolute Gasteiger partial charge is 0.341 e. The number of hydrogen-bond donors (Lipinski definition) is 1. The highest BCUT2D eigenvalue weighted by atomic mass is 35.5. The van der Waals surface area contributed by atoms with Crippen LogP contribution in [0.3, 0.4) is 0 Å². The van der Waals surface area contributed by atoms with E-state index in [9.17, 15) is 4.79 Å². The Morgan fingerprint density at radius 1 is 1.33 bits per heavy atom. The van der Waals surface area contributed by atoms with Gasteiger partial charge in [0.1, 0.15) is 5.56 Å². The van der Waals surface area contributed by atoms with Crippen molar-refractivity contribution in [1.29, 1.82) is 0 Å². The van der Waals surface area contributed by atoms with Crippen LogP contribution in [0.5, 0.6) is 5.75 Å². The van der Waals surface area contributed by atoms with Crippen molar-refractivity contribution >= 4 is 29.2 Å². The summed E-state index contributed by atoms with van der Waals surface area (Å²) in [7, 11) is 0. The third-order valence-corrected chi connectivity index (χ3v) is 2.24. The van der Waals surface area contributed by atoms with Crippen molar-refractivity contribution in [2.75, 3.05) is 0 Å². The second kappa shape index (κ2) is 4.73. The first-order valence-corrected chi connectivity index (χ1v) is 5.07. The number of carboxylic acid groups (broad SMARTS) is 1. The average Bonchev–Trinajstić information content (AvgIpc) is 2.10. The van der Waals surface area contributed by atoms with E-state index in [2.05, 4.69) is 0 Å². The lowest BCUT2D eigenvalue weighted by molar-refractivity contribution is 0.0691. The SMILES string of the molecule is CC(C)Oc1c(Cl)ccc(Cl)c1C(=O)O. The van der Waals surface area contributed by atoms with Crippen LogP contribution in [0.2, 0.25) is 10.0 Å². The van der Waals surface area contributed by atoms with Gasteiger partial charge in [0.05, 0.1) is 16.1 Å². The molecule has 3 nitrogen and oxygen atoms in total. The van der Waals surface area contributed by atoms with E-state index in [1.165, 1.54) is 12.1 Å². The van der Waals surface area contributed by atoms with Crippen LogP contribution in [0.25, 0.3) is 0 Å². The molecule has 0 atom stereocenters. The molecule has 15 heavy (non-hydrogen) atoms. The lowest BCUT2D eigenvalue weighted by atomic mass is 10.2. The monoisotopic (exact) mass is 248 g/mol. The first kappa shape index (κ1) is 12.1. The molecule has 1 aromatic rings. The molecule has 0 unspecified atom stereocenters. The minimum absolute atomic E-state index is 0.0992. The number of halogens is 2. The summed E-state index contributed by atoms with van der Waals surface area (Å²) >= 11 is 11.6. The van der Waals surface area contributed by atoms with E-state index in [4.69, 9.17) is 33.0 Å². The molecule has 0 amide bonds. The van der Waals surface area contributed by atoms with Gasteiger partial charge in [-0.15, -0.1) is 0 Å². The van der Waals surface area contributed by atoms with Gasteiger partial charge in [0.15, 0.2) is 5.75 Å². The highest BCUT2D eigenvalue weighted by Gasteiger charge is 2.19. The van der Waals surface area contributed by atoms with E-state index in [0.29, 0.717) is 0 Å². The molecular formula is C10H10Cl2O3. The first-order valence-electron chi connectivity index (χ1n) is 4.31. The molecule has 0 spiro atoms. The normalized spacial score (nSPS) is 10.5. The zero-order valence-corrected chi connectivity index (χ0v) is 9.76.